The van der Waals surface area contributed by atoms with Gasteiger partial charge in [-0.15, -0.1) is 0 Å². The van der Waals surface area contributed by atoms with Crippen LogP contribution in [0.3, 0.4) is 0 Å². The molecule has 1 aliphatic rings. The summed E-state index contributed by atoms with van der Waals surface area (Å²) in [6, 6.07) is 8.27. The van der Waals surface area contributed by atoms with Crippen LogP contribution in [0.2, 0.25) is 0 Å². The van der Waals surface area contributed by atoms with Crippen molar-refractivity contribution in [3.05, 3.63) is 30.6 Å². The molecular weight excluding hydrogens is 210 g/mol. The normalized spacial score (nSPS) is 17.1. The highest BCUT2D eigenvalue weighted by Crippen LogP contribution is 2.24. The van der Waals surface area contributed by atoms with E-state index in [1.54, 1.807) is 6.33 Å². The van der Waals surface area contributed by atoms with Crippen LogP contribution >= 0.6 is 0 Å². The van der Waals surface area contributed by atoms with Gasteiger partial charge in [-0.25, -0.2) is 9.97 Å². The van der Waals surface area contributed by atoms with Crippen LogP contribution in [-0.4, -0.2) is 23.1 Å². The van der Waals surface area contributed by atoms with Crippen LogP contribution in [0.15, 0.2) is 30.6 Å². The van der Waals surface area contributed by atoms with Crippen molar-refractivity contribution in [2.24, 2.45) is 0 Å². The largest absolute Gasteiger partial charge is 0.356 e. The summed E-state index contributed by atoms with van der Waals surface area (Å²) in [5, 5.41) is 1.18. The van der Waals surface area contributed by atoms with E-state index in [1.807, 2.05) is 6.07 Å². The lowest BCUT2D eigenvalue weighted by atomic mass is 10.2. The molecule has 2 aromatic rings. The number of benzene rings is 1. The molecule has 3 nitrogen and oxygen atoms in total. The third kappa shape index (κ3) is 2.09. The number of para-hydroxylation sites is 1. The van der Waals surface area contributed by atoms with Gasteiger partial charge in [0, 0.05) is 18.5 Å². The van der Waals surface area contributed by atoms with Gasteiger partial charge in [0.05, 0.1) is 5.52 Å². The highest BCUT2D eigenvalue weighted by molar-refractivity contribution is 5.89. The molecule has 0 saturated carbocycles. The smallest absolute Gasteiger partial charge is 0.139 e. The van der Waals surface area contributed by atoms with Crippen LogP contribution in [0, 0.1) is 0 Å². The quantitative estimate of drug-likeness (QED) is 0.750. The first-order valence-electron chi connectivity index (χ1n) is 6.40. The monoisotopic (exact) mass is 227 g/mol. The summed E-state index contributed by atoms with van der Waals surface area (Å²) in [6.07, 6.45) is 6.93. The molecule has 88 valence electrons. The maximum atomic E-state index is 4.49. The van der Waals surface area contributed by atoms with Crippen molar-refractivity contribution in [1.29, 1.82) is 0 Å². The average Bonchev–Trinajstić information content (AvgIpc) is 2.67. The zero-order chi connectivity index (χ0) is 11.5. The van der Waals surface area contributed by atoms with E-state index < -0.39 is 0 Å². The summed E-state index contributed by atoms with van der Waals surface area (Å²) in [7, 11) is 0. The van der Waals surface area contributed by atoms with Crippen LogP contribution in [0.25, 0.3) is 10.9 Å². The van der Waals surface area contributed by atoms with Crippen molar-refractivity contribution >= 4 is 16.7 Å². The molecule has 1 aliphatic heterocycles. The summed E-state index contributed by atoms with van der Waals surface area (Å²) in [6.45, 7) is 2.25. The molecule has 17 heavy (non-hydrogen) atoms. The SMILES string of the molecule is c1ccc2c(N3CCCCCC3)ncnc2c1. The molecule has 3 heteroatoms. The second-order valence-corrected chi connectivity index (χ2v) is 4.62. The van der Waals surface area contributed by atoms with Gasteiger partial charge in [-0.2, -0.15) is 0 Å². The number of fused-ring (bicyclic) bond motifs is 1. The van der Waals surface area contributed by atoms with E-state index in [9.17, 15) is 0 Å². The van der Waals surface area contributed by atoms with E-state index in [0.717, 1.165) is 24.4 Å². The Hall–Kier alpha value is -1.64. The molecule has 0 unspecified atom stereocenters. The van der Waals surface area contributed by atoms with Crippen molar-refractivity contribution in [3.8, 4) is 0 Å². The Labute approximate surface area is 101 Å². The Kier molecular flexibility index (Phi) is 2.90. The first kappa shape index (κ1) is 10.5. The summed E-state index contributed by atoms with van der Waals surface area (Å²) in [4.78, 5) is 11.2. The minimum Gasteiger partial charge on any atom is -0.356 e. The van der Waals surface area contributed by atoms with Crippen molar-refractivity contribution in [1.82, 2.24) is 9.97 Å². The zero-order valence-electron chi connectivity index (χ0n) is 9.97. The fourth-order valence-corrected chi connectivity index (χ4v) is 2.53. The molecule has 0 radical (unpaired) electrons. The van der Waals surface area contributed by atoms with Crippen LogP contribution in [0.1, 0.15) is 25.7 Å². The number of anilines is 1. The Morgan fingerprint density at radius 2 is 1.65 bits per heavy atom. The second kappa shape index (κ2) is 4.70. The van der Waals surface area contributed by atoms with Crippen molar-refractivity contribution < 1.29 is 0 Å². The third-order valence-electron chi connectivity index (χ3n) is 3.43. The van der Waals surface area contributed by atoms with Gasteiger partial charge in [0.15, 0.2) is 0 Å². The van der Waals surface area contributed by atoms with Gasteiger partial charge >= 0.3 is 0 Å². The first-order chi connectivity index (χ1) is 8.45. The van der Waals surface area contributed by atoms with Gasteiger partial charge < -0.3 is 4.90 Å². The Morgan fingerprint density at radius 3 is 2.47 bits per heavy atom. The number of rotatable bonds is 1. The molecule has 0 amide bonds. The lowest BCUT2D eigenvalue weighted by Gasteiger charge is -2.22. The topological polar surface area (TPSA) is 29.0 Å². The van der Waals surface area contributed by atoms with Crippen LogP contribution in [0.4, 0.5) is 5.82 Å². The molecule has 0 bridgehead atoms. The van der Waals surface area contributed by atoms with Gasteiger partial charge in [0.2, 0.25) is 0 Å². The summed E-state index contributed by atoms with van der Waals surface area (Å²) in [5.41, 5.74) is 1.04. The van der Waals surface area contributed by atoms with E-state index in [-0.39, 0.29) is 0 Å². The molecular formula is C14H17N3. The Bertz CT molecular complexity index is 496. The maximum absolute atomic E-state index is 4.49. The minimum atomic E-state index is 1.04. The highest BCUT2D eigenvalue weighted by Gasteiger charge is 2.13. The standard InChI is InChI=1S/C14H17N3/c1-2-6-10-17(9-5-1)14-12-7-3-4-8-13(12)15-11-16-14/h3-4,7-8,11H,1-2,5-6,9-10H2. The van der Waals surface area contributed by atoms with Crippen LogP contribution < -0.4 is 4.90 Å². The van der Waals surface area contributed by atoms with Gasteiger partial charge in [-0.3, -0.25) is 0 Å². The minimum absolute atomic E-state index is 1.04. The summed E-state index contributed by atoms with van der Waals surface area (Å²) < 4.78 is 0. The van der Waals surface area contributed by atoms with Crippen molar-refractivity contribution in [2.75, 3.05) is 18.0 Å². The molecule has 0 atom stereocenters. The van der Waals surface area contributed by atoms with Crippen molar-refractivity contribution in [3.63, 3.8) is 0 Å². The molecule has 3 rings (SSSR count). The predicted molar refractivity (Wildman–Crippen MR) is 70.2 cm³/mol. The van der Waals surface area contributed by atoms with E-state index in [2.05, 4.69) is 33.1 Å². The molecule has 0 aliphatic carbocycles. The molecule has 1 saturated heterocycles. The number of hydrogen-bond acceptors (Lipinski definition) is 3. The van der Waals surface area contributed by atoms with E-state index in [0.29, 0.717) is 0 Å². The van der Waals surface area contributed by atoms with E-state index in [4.69, 9.17) is 0 Å². The fourth-order valence-electron chi connectivity index (χ4n) is 2.53. The lowest BCUT2D eigenvalue weighted by molar-refractivity contribution is 0.726. The highest BCUT2D eigenvalue weighted by atomic mass is 15.2. The van der Waals surface area contributed by atoms with E-state index >= 15 is 0 Å². The maximum Gasteiger partial charge on any atom is 0.139 e. The van der Waals surface area contributed by atoms with Crippen molar-refractivity contribution in [2.45, 2.75) is 25.7 Å². The fraction of sp³-hybridized carbons (Fsp3) is 0.429. The molecule has 0 spiro atoms. The summed E-state index contributed by atoms with van der Waals surface area (Å²) in [5.74, 6) is 1.11. The van der Waals surface area contributed by atoms with Gasteiger partial charge in [0.1, 0.15) is 12.1 Å². The molecule has 1 fully saturated rings. The number of hydrogen-bond donors (Lipinski definition) is 0. The molecule has 0 N–H and O–H groups in total. The number of nitrogens with zero attached hydrogens (tertiary/aromatic N) is 3. The average molecular weight is 227 g/mol. The zero-order valence-corrected chi connectivity index (χ0v) is 9.97. The van der Waals surface area contributed by atoms with E-state index in [1.165, 1.54) is 31.1 Å². The summed E-state index contributed by atoms with van der Waals surface area (Å²) >= 11 is 0. The Balaban J connectivity index is 2.03. The van der Waals surface area contributed by atoms with Crippen LogP contribution in [-0.2, 0) is 0 Å². The second-order valence-electron chi connectivity index (χ2n) is 4.62. The third-order valence-corrected chi connectivity index (χ3v) is 3.43. The Morgan fingerprint density at radius 1 is 0.882 bits per heavy atom. The molecule has 1 aromatic heterocycles. The first-order valence-corrected chi connectivity index (χ1v) is 6.40. The van der Waals surface area contributed by atoms with Gasteiger partial charge in [-0.05, 0) is 25.0 Å². The number of aromatic nitrogens is 2. The lowest BCUT2D eigenvalue weighted by Crippen LogP contribution is -2.25. The van der Waals surface area contributed by atoms with Gasteiger partial charge in [-0.1, -0.05) is 25.0 Å². The molecule has 1 aromatic carbocycles. The van der Waals surface area contributed by atoms with Gasteiger partial charge in [0.25, 0.3) is 0 Å². The molecule has 2 heterocycles. The van der Waals surface area contributed by atoms with Crippen LogP contribution in [0.5, 0.6) is 0 Å². The predicted octanol–water partition coefficient (Wildman–Crippen LogP) is 3.01.